The summed E-state index contributed by atoms with van der Waals surface area (Å²) in [5, 5.41) is 14.0. The first-order valence-electron chi connectivity index (χ1n) is 9.08. The van der Waals surface area contributed by atoms with Gasteiger partial charge in [-0.1, -0.05) is 12.1 Å². The standard InChI is InChI=1S/C21H18N6O3/c22-21(29)30-19-9-13(7-8-23-19)11-24-17-4-2-1-3-16(17)20(28)26-15-6-5-14-12-25-27-18(14)10-15/h1-10,12,24H,11H2,(H2,22,29)(H,25,27)(H,26,28). The molecule has 0 spiro atoms. The van der Waals surface area contributed by atoms with Gasteiger partial charge in [0.2, 0.25) is 5.88 Å². The van der Waals surface area contributed by atoms with Crippen LogP contribution in [-0.2, 0) is 6.54 Å². The van der Waals surface area contributed by atoms with Crippen LogP contribution >= 0.6 is 0 Å². The highest BCUT2D eigenvalue weighted by molar-refractivity contribution is 6.08. The Morgan fingerprint density at radius 1 is 1.10 bits per heavy atom. The summed E-state index contributed by atoms with van der Waals surface area (Å²) in [6.45, 7) is 0.391. The summed E-state index contributed by atoms with van der Waals surface area (Å²) in [5.41, 5.74) is 8.47. The first-order valence-corrected chi connectivity index (χ1v) is 9.08. The third kappa shape index (κ3) is 4.36. The molecule has 150 valence electrons. The quantitative estimate of drug-likeness (QED) is 0.391. The third-order valence-electron chi connectivity index (χ3n) is 4.36. The minimum Gasteiger partial charge on any atom is -0.391 e. The van der Waals surface area contributed by atoms with Gasteiger partial charge in [0, 0.05) is 35.6 Å². The fraction of sp³-hybridized carbons (Fsp3) is 0.0476. The summed E-state index contributed by atoms with van der Waals surface area (Å²) < 4.78 is 4.79. The van der Waals surface area contributed by atoms with Crippen LogP contribution in [0, 0.1) is 0 Å². The van der Waals surface area contributed by atoms with Crippen molar-refractivity contribution < 1.29 is 14.3 Å². The molecule has 2 amide bonds. The predicted molar refractivity (Wildman–Crippen MR) is 112 cm³/mol. The number of aromatic nitrogens is 3. The number of hydrogen-bond acceptors (Lipinski definition) is 6. The molecule has 0 saturated heterocycles. The number of pyridine rings is 1. The second kappa shape index (κ2) is 8.31. The van der Waals surface area contributed by atoms with Crippen molar-refractivity contribution >= 4 is 34.3 Å². The zero-order valence-electron chi connectivity index (χ0n) is 15.8. The number of rotatable bonds is 6. The Kier molecular flexibility index (Phi) is 5.25. The zero-order chi connectivity index (χ0) is 20.9. The van der Waals surface area contributed by atoms with Crippen molar-refractivity contribution in [1.82, 2.24) is 15.2 Å². The lowest BCUT2D eigenvalue weighted by Crippen LogP contribution is -2.17. The molecule has 0 unspecified atom stereocenters. The number of para-hydroxylation sites is 1. The van der Waals surface area contributed by atoms with Crippen LogP contribution in [0.2, 0.25) is 0 Å². The number of anilines is 2. The molecule has 4 aromatic rings. The average molecular weight is 402 g/mol. The van der Waals surface area contributed by atoms with Gasteiger partial charge in [0.1, 0.15) is 0 Å². The van der Waals surface area contributed by atoms with Gasteiger partial charge in [-0.05, 0) is 42.0 Å². The summed E-state index contributed by atoms with van der Waals surface area (Å²) in [7, 11) is 0. The SMILES string of the molecule is NC(=O)Oc1cc(CNc2ccccc2C(=O)Nc2ccc3cn[nH]c3c2)ccn1. The van der Waals surface area contributed by atoms with Crippen molar-refractivity contribution in [2.45, 2.75) is 6.54 Å². The van der Waals surface area contributed by atoms with Crippen LogP contribution in [-0.4, -0.2) is 27.2 Å². The summed E-state index contributed by atoms with van der Waals surface area (Å²) in [4.78, 5) is 27.6. The molecule has 0 bridgehead atoms. The molecular formula is C21H18N6O3. The van der Waals surface area contributed by atoms with E-state index in [4.69, 9.17) is 10.5 Å². The van der Waals surface area contributed by atoms with Crippen LogP contribution in [0.5, 0.6) is 5.88 Å². The van der Waals surface area contributed by atoms with Gasteiger partial charge < -0.3 is 21.1 Å². The Balaban J connectivity index is 1.48. The molecule has 9 heteroatoms. The molecule has 9 nitrogen and oxygen atoms in total. The normalized spacial score (nSPS) is 10.5. The molecule has 0 radical (unpaired) electrons. The molecule has 0 aliphatic heterocycles. The number of nitrogens with one attached hydrogen (secondary N) is 3. The van der Waals surface area contributed by atoms with E-state index >= 15 is 0 Å². The van der Waals surface area contributed by atoms with Crippen molar-refractivity contribution in [1.29, 1.82) is 0 Å². The van der Waals surface area contributed by atoms with E-state index in [9.17, 15) is 9.59 Å². The largest absolute Gasteiger partial charge is 0.411 e. The van der Waals surface area contributed by atoms with Crippen LogP contribution in [0.4, 0.5) is 16.2 Å². The molecule has 0 fully saturated rings. The molecule has 0 saturated carbocycles. The lowest BCUT2D eigenvalue weighted by molar-refractivity contribution is 0.102. The smallest absolute Gasteiger partial charge is 0.391 e. The number of hydrogen-bond donors (Lipinski definition) is 4. The van der Waals surface area contributed by atoms with Crippen LogP contribution < -0.4 is 21.1 Å². The highest BCUT2D eigenvalue weighted by atomic mass is 16.6. The van der Waals surface area contributed by atoms with E-state index in [2.05, 4.69) is 25.8 Å². The van der Waals surface area contributed by atoms with Gasteiger partial charge in [-0.25, -0.2) is 9.78 Å². The van der Waals surface area contributed by atoms with Gasteiger partial charge in [0.15, 0.2) is 0 Å². The minimum atomic E-state index is -0.928. The number of aromatic amines is 1. The minimum absolute atomic E-state index is 0.113. The van der Waals surface area contributed by atoms with Crippen LogP contribution in [0.25, 0.3) is 10.9 Å². The Hall–Kier alpha value is -4.40. The molecule has 4 rings (SSSR count). The van der Waals surface area contributed by atoms with Gasteiger partial charge in [-0.3, -0.25) is 9.89 Å². The number of nitrogens with two attached hydrogens (primary N) is 1. The number of H-pyrrole nitrogens is 1. The molecular weight excluding hydrogens is 384 g/mol. The van der Waals surface area contributed by atoms with Gasteiger partial charge in [-0.2, -0.15) is 5.10 Å². The van der Waals surface area contributed by atoms with E-state index in [0.29, 0.717) is 23.5 Å². The topological polar surface area (TPSA) is 135 Å². The van der Waals surface area contributed by atoms with E-state index in [1.807, 2.05) is 30.3 Å². The average Bonchev–Trinajstić information content (AvgIpc) is 3.20. The van der Waals surface area contributed by atoms with Crippen molar-refractivity contribution in [2.75, 3.05) is 10.6 Å². The Bertz CT molecular complexity index is 1220. The van der Waals surface area contributed by atoms with Crippen LogP contribution in [0.15, 0.2) is 67.0 Å². The second-order valence-corrected chi connectivity index (χ2v) is 6.45. The highest BCUT2D eigenvalue weighted by Crippen LogP contribution is 2.21. The molecule has 30 heavy (non-hydrogen) atoms. The number of benzene rings is 2. The second-order valence-electron chi connectivity index (χ2n) is 6.45. The van der Waals surface area contributed by atoms with Crippen LogP contribution in [0.1, 0.15) is 15.9 Å². The number of nitrogens with zero attached hydrogens (tertiary/aromatic N) is 2. The van der Waals surface area contributed by atoms with Gasteiger partial charge in [0.25, 0.3) is 5.91 Å². The van der Waals surface area contributed by atoms with E-state index in [1.165, 1.54) is 6.20 Å². The van der Waals surface area contributed by atoms with E-state index in [-0.39, 0.29) is 11.8 Å². The number of fused-ring (bicyclic) bond motifs is 1. The van der Waals surface area contributed by atoms with Crippen molar-refractivity contribution in [3.8, 4) is 5.88 Å². The Morgan fingerprint density at radius 3 is 2.83 bits per heavy atom. The van der Waals surface area contributed by atoms with E-state index < -0.39 is 6.09 Å². The molecule has 5 N–H and O–H groups in total. The molecule has 0 aliphatic carbocycles. The predicted octanol–water partition coefficient (Wildman–Crippen LogP) is 3.28. The summed E-state index contributed by atoms with van der Waals surface area (Å²) in [6, 6.07) is 16.1. The number of carbonyl (C=O) groups is 2. The lowest BCUT2D eigenvalue weighted by atomic mass is 10.1. The van der Waals surface area contributed by atoms with Gasteiger partial charge in [-0.15, -0.1) is 0 Å². The summed E-state index contributed by atoms with van der Waals surface area (Å²) in [5.74, 6) is -0.133. The van der Waals surface area contributed by atoms with Crippen molar-refractivity contribution in [3.63, 3.8) is 0 Å². The molecule has 0 atom stereocenters. The molecule has 2 heterocycles. The first-order chi connectivity index (χ1) is 14.6. The maximum absolute atomic E-state index is 12.8. The maximum atomic E-state index is 12.8. The number of ether oxygens (including phenoxy) is 1. The lowest BCUT2D eigenvalue weighted by Gasteiger charge is -2.13. The van der Waals surface area contributed by atoms with Crippen molar-refractivity contribution in [3.05, 3.63) is 78.1 Å². The summed E-state index contributed by atoms with van der Waals surface area (Å²) >= 11 is 0. The van der Waals surface area contributed by atoms with Gasteiger partial charge >= 0.3 is 6.09 Å². The zero-order valence-corrected chi connectivity index (χ0v) is 15.8. The number of primary amides is 1. The van der Waals surface area contributed by atoms with E-state index in [1.54, 1.807) is 30.5 Å². The number of amides is 2. The summed E-state index contributed by atoms with van der Waals surface area (Å²) in [6.07, 6.45) is 2.31. The monoisotopic (exact) mass is 402 g/mol. The Morgan fingerprint density at radius 2 is 1.97 bits per heavy atom. The number of carbonyl (C=O) groups excluding carboxylic acids is 2. The Labute approximate surface area is 171 Å². The fourth-order valence-corrected chi connectivity index (χ4v) is 2.97. The van der Waals surface area contributed by atoms with Crippen molar-refractivity contribution in [2.24, 2.45) is 5.73 Å². The van der Waals surface area contributed by atoms with Crippen LogP contribution in [0.3, 0.4) is 0 Å². The van der Waals surface area contributed by atoms with E-state index in [0.717, 1.165) is 16.5 Å². The molecule has 2 aromatic carbocycles. The molecule has 0 aliphatic rings. The van der Waals surface area contributed by atoms with Gasteiger partial charge in [0.05, 0.1) is 17.3 Å². The first kappa shape index (κ1) is 18.9. The highest BCUT2D eigenvalue weighted by Gasteiger charge is 2.12. The third-order valence-corrected chi connectivity index (χ3v) is 4.36. The fourth-order valence-electron chi connectivity index (χ4n) is 2.97. The molecule has 2 aromatic heterocycles. The maximum Gasteiger partial charge on any atom is 0.411 e.